The number of halogens is 2. The van der Waals surface area contributed by atoms with Crippen molar-refractivity contribution in [3.63, 3.8) is 0 Å². The van der Waals surface area contributed by atoms with Crippen LogP contribution >= 0.6 is 24.8 Å². The molecule has 0 radical (unpaired) electrons. The average Bonchev–Trinajstić information content (AvgIpc) is 2.35. The van der Waals surface area contributed by atoms with Gasteiger partial charge >= 0.3 is 0 Å². The Morgan fingerprint density at radius 1 is 1.19 bits per heavy atom. The molecule has 3 N–H and O–H groups in total. The topological polar surface area (TPSA) is 67.6 Å². The number of morpholine rings is 1. The Kier molecular flexibility index (Phi) is 10.1. The number of ether oxygens (including phenoxy) is 1. The minimum atomic E-state index is -0.479. The van der Waals surface area contributed by atoms with Crippen molar-refractivity contribution in [2.24, 2.45) is 11.1 Å². The van der Waals surface area contributed by atoms with E-state index in [0.29, 0.717) is 6.54 Å². The summed E-state index contributed by atoms with van der Waals surface area (Å²) in [7, 11) is 0. The second-order valence-corrected chi connectivity index (χ2v) is 6.97. The summed E-state index contributed by atoms with van der Waals surface area (Å²) in [4.78, 5) is 14.4. The quantitative estimate of drug-likeness (QED) is 0.810. The van der Waals surface area contributed by atoms with Gasteiger partial charge in [0.2, 0.25) is 5.91 Å². The molecule has 0 unspecified atom stereocenters. The number of rotatable bonds is 4. The fourth-order valence-corrected chi connectivity index (χ4v) is 2.09. The Morgan fingerprint density at radius 3 is 2.10 bits per heavy atom. The van der Waals surface area contributed by atoms with E-state index in [1.54, 1.807) is 0 Å². The van der Waals surface area contributed by atoms with Gasteiger partial charge < -0.3 is 15.8 Å². The largest absolute Gasteiger partial charge is 0.379 e. The maximum absolute atomic E-state index is 12.0. The van der Waals surface area contributed by atoms with Crippen LogP contribution in [0.5, 0.6) is 0 Å². The van der Waals surface area contributed by atoms with Crippen LogP contribution in [0.25, 0.3) is 0 Å². The Labute approximate surface area is 141 Å². The Hall–Kier alpha value is -0.0700. The zero-order valence-corrected chi connectivity index (χ0v) is 15.4. The summed E-state index contributed by atoms with van der Waals surface area (Å²) in [6.07, 6.45) is 0. The van der Waals surface area contributed by atoms with E-state index in [1.807, 2.05) is 20.8 Å². The maximum atomic E-state index is 12.0. The first-order valence-corrected chi connectivity index (χ1v) is 7.01. The highest BCUT2D eigenvalue weighted by Crippen LogP contribution is 2.18. The smallest absolute Gasteiger partial charge is 0.237 e. The molecule has 0 aromatic heterocycles. The van der Waals surface area contributed by atoms with Gasteiger partial charge in [-0.15, -0.1) is 24.8 Å². The van der Waals surface area contributed by atoms with Crippen molar-refractivity contribution in [3.8, 4) is 0 Å². The first-order chi connectivity index (χ1) is 8.64. The van der Waals surface area contributed by atoms with Gasteiger partial charge in [-0.2, -0.15) is 0 Å². The molecule has 1 heterocycles. The fourth-order valence-electron chi connectivity index (χ4n) is 2.09. The van der Waals surface area contributed by atoms with Crippen molar-refractivity contribution >= 4 is 30.7 Å². The second-order valence-electron chi connectivity index (χ2n) is 6.97. The van der Waals surface area contributed by atoms with Crippen LogP contribution in [0, 0.1) is 5.41 Å². The SMILES string of the molecule is CC(C)(C)[C@H](N)C(=O)NCC(C)(C)N1CCOCC1.Cl.Cl. The molecule has 1 rings (SSSR count). The van der Waals surface area contributed by atoms with E-state index in [-0.39, 0.29) is 41.7 Å². The van der Waals surface area contributed by atoms with Crippen LogP contribution in [0.15, 0.2) is 0 Å². The summed E-state index contributed by atoms with van der Waals surface area (Å²) in [5.41, 5.74) is 5.67. The van der Waals surface area contributed by atoms with Crippen LogP contribution in [-0.2, 0) is 9.53 Å². The van der Waals surface area contributed by atoms with E-state index in [1.165, 1.54) is 0 Å². The molecule has 0 aromatic carbocycles. The van der Waals surface area contributed by atoms with E-state index in [2.05, 4.69) is 24.1 Å². The average molecular weight is 344 g/mol. The number of hydrogen-bond acceptors (Lipinski definition) is 4. The number of hydrogen-bond donors (Lipinski definition) is 2. The monoisotopic (exact) mass is 343 g/mol. The van der Waals surface area contributed by atoms with Gasteiger partial charge in [0.1, 0.15) is 0 Å². The van der Waals surface area contributed by atoms with Crippen LogP contribution in [0.2, 0.25) is 0 Å². The lowest BCUT2D eigenvalue weighted by Crippen LogP contribution is -2.58. The maximum Gasteiger partial charge on any atom is 0.237 e. The molecule has 1 amide bonds. The van der Waals surface area contributed by atoms with Crippen molar-refractivity contribution in [2.75, 3.05) is 32.8 Å². The Morgan fingerprint density at radius 2 is 1.67 bits per heavy atom. The second kappa shape index (κ2) is 9.16. The third-order valence-electron chi connectivity index (χ3n) is 3.78. The van der Waals surface area contributed by atoms with Gasteiger partial charge in [-0.1, -0.05) is 20.8 Å². The van der Waals surface area contributed by atoms with Crippen LogP contribution in [0.4, 0.5) is 0 Å². The first-order valence-electron chi connectivity index (χ1n) is 7.01. The number of nitrogens with two attached hydrogens (primary N) is 1. The fraction of sp³-hybridized carbons (Fsp3) is 0.929. The molecule has 1 fully saturated rings. The summed E-state index contributed by atoms with van der Waals surface area (Å²) in [5, 5.41) is 2.98. The van der Waals surface area contributed by atoms with E-state index in [4.69, 9.17) is 10.5 Å². The van der Waals surface area contributed by atoms with Crippen LogP contribution < -0.4 is 11.1 Å². The summed E-state index contributed by atoms with van der Waals surface area (Å²) in [5.74, 6) is -0.0752. The molecule has 21 heavy (non-hydrogen) atoms. The predicted molar refractivity (Wildman–Crippen MR) is 91.4 cm³/mol. The van der Waals surface area contributed by atoms with Crippen molar-refractivity contribution in [1.82, 2.24) is 10.2 Å². The first kappa shape index (κ1) is 23.2. The highest BCUT2D eigenvalue weighted by atomic mass is 35.5. The standard InChI is InChI=1S/C14H29N3O2.2ClH/c1-13(2,3)11(15)12(18)16-10-14(4,5)17-6-8-19-9-7-17;;/h11H,6-10,15H2,1-5H3,(H,16,18);2*1H/t11-;;/m1../s1. The lowest BCUT2D eigenvalue weighted by molar-refractivity contribution is -0.125. The molecule has 7 heteroatoms. The van der Waals surface area contributed by atoms with Crippen molar-refractivity contribution < 1.29 is 9.53 Å². The summed E-state index contributed by atoms with van der Waals surface area (Å²) in [6.45, 7) is 14.2. The summed E-state index contributed by atoms with van der Waals surface area (Å²) < 4.78 is 5.35. The van der Waals surface area contributed by atoms with Gasteiger partial charge in [-0.05, 0) is 19.3 Å². The minimum absolute atomic E-state index is 0. The zero-order valence-electron chi connectivity index (χ0n) is 13.8. The molecule has 0 spiro atoms. The van der Waals surface area contributed by atoms with E-state index < -0.39 is 6.04 Å². The van der Waals surface area contributed by atoms with Crippen molar-refractivity contribution in [1.29, 1.82) is 0 Å². The number of amides is 1. The van der Waals surface area contributed by atoms with Crippen LogP contribution in [-0.4, -0.2) is 55.2 Å². The zero-order chi connectivity index (χ0) is 14.7. The third-order valence-corrected chi connectivity index (χ3v) is 3.78. The molecule has 0 aromatic rings. The van der Waals surface area contributed by atoms with E-state index >= 15 is 0 Å². The molecule has 0 bridgehead atoms. The van der Waals surface area contributed by atoms with E-state index in [9.17, 15) is 4.79 Å². The summed E-state index contributed by atoms with van der Waals surface area (Å²) in [6, 6.07) is -0.479. The number of carbonyl (C=O) groups excluding carboxylic acids is 1. The molecule has 1 atom stereocenters. The van der Waals surface area contributed by atoms with Crippen LogP contribution in [0.3, 0.4) is 0 Å². The van der Waals surface area contributed by atoms with Gasteiger partial charge in [0.15, 0.2) is 0 Å². The van der Waals surface area contributed by atoms with Crippen LogP contribution in [0.1, 0.15) is 34.6 Å². The van der Waals surface area contributed by atoms with Gasteiger partial charge in [0.25, 0.3) is 0 Å². The highest BCUT2D eigenvalue weighted by molar-refractivity contribution is 5.85. The number of nitrogens with one attached hydrogen (secondary N) is 1. The predicted octanol–water partition coefficient (Wildman–Crippen LogP) is 1.43. The van der Waals surface area contributed by atoms with Gasteiger partial charge in [-0.3, -0.25) is 9.69 Å². The highest BCUT2D eigenvalue weighted by Gasteiger charge is 2.31. The molecule has 1 aliphatic heterocycles. The lowest BCUT2D eigenvalue weighted by Gasteiger charge is -2.41. The number of nitrogens with zero attached hydrogens (tertiary/aromatic N) is 1. The molecule has 0 saturated carbocycles. The number of carbonyl (C=O) groups is 1. The molecular formula is C14H31Cl2N3O2. The van der Waals surface area contributed by atoms with Gasteiger partial charge in [0.05, 0.1) is 19.3 Å². The van der Waals surface area contributed by atoms with Crippen molar-refractivity contribution in [3.05, 3.63) is 0 Å². The lowest BCUT2D eigenvalue weighted by atomic mass is 9.87. The van der Waals surface area contributed by atoms with Crippen molar-refractivity contribution in [2.45, 2.75) is 46.2 Å². The molecule has 128 valence electrons. The Balaban J connectivity index is 0. The minimum Gasteiger partial charge on any atom is -0.379 e. The Bertz CT molecular complexity index is 314. The summed E-state index contributed by atoms with van der Waals surface area (Å²) >= 11 is 0. The van der Waals surface area contributed by atoms with E-state index in [0.717, 1.165) is 26.3 Å². The third kappa shape index (κ3) is 7.15. The van der Waals surface area contributed by atoms with Gasteiger partial charge in [-0.25, -0.2) is 0 Å². The molecule has 1 aliphatic rings. The van der Waals surface area contributed by atoms with Gasteiger partial charge in [0, 0.05) is 25.2 Å². The molecular weight excluding hydrogens is 313 g/mol. The molecule has 5 nitrogen and oxygen atoms in total. The molecule has 0 aliphatic carbocycles. The normalized spacial score (nSPS) is 18.2. The molecule has 1 saturated heterocycles.